The molecule has 0 spiro atoms. The third-order valence-electron chi connectivity index (χ3n) is 4.19. The van der Waals surface area contributed by atoms with Crippen LogP contribution in [-0.4, -0.2) is 4.21 Å². The molecule has 0 heterocycles. The highest BCUT2D eigenvalue weighted by molar-refractivity contribution is 7.97. The van der Waals surface area contributed by atoms with Gasteiger partial charge in [-0.15, -0.1) is 0 Å². The molecule has 0 amide bonds. The molecular formula is C24H19OS2+. The van der Waals surface area contributed by atoms with E-state index in [1.54, 1.807) is 0 Å². The molecule has 4 aromatic carbocycles. The van der Waals surface area contributed by atoms with E-state index in [0.717, 1.165) is 9.79 Å². The number of benzene rings is 4. The van der Waals surface area contributed by atoms with Crippen LogP contribution in [0.25, 0.3) is 0 Å². The molecule has 1 atom stereocenters. The summed E-state index contributed by atoms with van der Waals surface area (Å²) in [5.74, 6) is 0. The molecule has 0 saturated heterocycles. The van der Waals surface area contributed by atoms with E-state index in [1.807, 2.05) is 54.6 Å². The van der Waals surface area contributed by atoms with Gasteiger partial charge in [0.1, 0.15) is 0 Å². The zero-order chi connectivity index (χ0) is 18.5. The van der Waals surface area contributed by atoms with Gasteiger partial charge in [0.05, 0.1) is 21.7 Å². The smallest absolute Gasteiger partial charge is 0.166 e. The van der Waals surface area contributed by atoms with E-state index in [-0.39, 0.29) is 10.9 Å². The zero-order valence-electron chi connectivity index (χ0n) is 14.7. The van der Waals surface area contributed by atoms with Gasteiger partial charge in [-0.25, -0.2) is 4.21 Å². The Kier molecular flexibility index (Phi) is 5.52. The summed E-state index contributed by atoms with van der Waals surface area (Å²) < 4.78 is 12.8. The molecule has 0 saturated carbocycles. The van der Waals surface area contributed by atoms with Crippen LogP contribution >= 0.6 is 0 Å². The van der Waals surface area contributed by atoms with Crippen LogP contribution in [0.5, 0.6) is 0 Å². The van der Waals surface area contributed by atoms with Gasteiger partial charge in [-0.05, 0) is 60.7 Å². The molecular weight excluding hydrogens is 368 g/mol. The Morgan fingerprint density at radius 3 is 1.30 bits per heavy atom. The third-order valence-corrected chi connectivity index (χ3v) is 7.82. The first-order valence-corrected chi connectivity index (χ1v) is 11.1. The van der Waals surface area contributed by atoms with E-state index in [4.69, 9.17) is 0 Å². The van der Waals surface area contributed by atoms with E-state index in [1.165, 1.54) is 14.7 Å². The average Bonchev–Trinajstić information content (AvgIpc) is 2.76. The molecule has 0 bridgehead atoms. The minimum Gasteiger partial charge on any atom is -0.249 e. The standard InChI is InChI=1S/C24H19OS2/c25-27(23-14-8-3-9-15-23)24-18-16-22(17-19-24)26(20-10-4-1-5-11-20)21-12-6-2-7-13-21/h1-19H/q+1. The molecule has 4 aromatic rings. The maximum absolute atomic E-state index is 12.8. The van der Waals surface area contributed by atoms with Gasteiger partial charge in [0.25, 0.3) is 0 Å². The van der Waals surface area contributed by atoms with Gasteiger partial charge >= 0.3 is 0 Å². The summed E-state index contributed by atoms with van der Waals surface area (Å²) in [6.07, 6.45) is 0. The second kappa shape index (κ2) is 8.38. The summed E-state index contributed by atoms with van der Waals surface area (Å²) in [4.78, 5) is 5.44. The van der Waals surface area contributed by atoms with Gasteiger partial charge in [-0.3, -0.25) is 0 Å². The van der Waals surface area contributed by atoms with Crippen LogP contribution in [0.1, 0.15) is 0 Å². The monoisotopic (exact) mass is 387 g/mol. The molecule has 0 fully saturated rings. The van der Waals surface area contributed by atoms with Crippen molar-refractivity contribution >= 4 is 21.7 Å². The molecule has 0 N–H and O–H groups in total. The molecule has 1 unspecified atom stereocenters. The van der Waals surface area contributed by atoms with Gasteiger partial charge in [0.2, 0.25) is 0 Å². The fourth-order valence-corrected chi connectivity index (χ4v) is 6.04. The van der Waals surface area contributed by atoms with E-state index in [9.17, 15) is 4.21 Å². The Bertz CT molecular complexity index is 975. The van der Waals surface area contributed by atoms with Gasteiger partial charge in [0.15, 0.2) is 14.7 Å². The lowest BCUT2D eigenvalue weighted by atomic mass is 10.3. The van der Waals surface area contributed by atoms with E-state index < -0.39 is 10.8 Å². The van der Waals surface area contributed by atoms with Crippen molar-refractivity contribution < 1.29 is 4.21 Å². The van der Waals surface area contributed by atoms with Gasteiger partial charge in [-0.1, -0.05) is 54.6 Å². The summed E-state index contributed by atoms with van der Waals surface area (Å²) in [6, 6.07) is 38.9. The SMILES string of the molecule is O=S(c1ccccc1)c1ccc([S+](c2ccccc2)c2ccccc2)cc1. The molecule has 0 aliphatic carbocycles. The van der Waals surface area contributed by atoms with Crippen LogP contribution in [-0.2, 0) is 21.7 Å². The summed E-state index contributed by atoms with van der Waals surface area (Å²) in [5.41, 5.74) is 0. The van der Waals surface area contributed by atoms with Crippen LogP contribution in [0.3, 0.4) is 0 Å². The molecule has 3 heteroatoms. The average molecular weight is 388 g/mol. The van der Waals surface area contributed by atoms with Crippen LogP contribution in [0, 0.1) is 0 Å². The van der Waals surface area contributed by atoms with E-state index in [2.05, 4.69) is 60.7 Å². The van der Waals surface area contributed by atoms with Gasteiger partial charge < -0.3 is 0 Å². The van der Waals surface area contributed by atoms with E-state index in [0.29, 0.717) is 0 Å². The highest BCUT2D eigenvalue weighted by atomic mass is 32.2. The number of hydrogen-bond acceptors (Lipinski definition) is 1. The quantitative estimate of drug-likeness (QED) is 0.387. The highest BCUT2D eigenvalue weighted by Gasteiger charge is 2.28. The van der Waals surface area contributed by atoms with Crippen molar-refractivity contribution in [1.29, 1.82) is 0 Å². The zero-order valence-corrected chi connectivity index (χ0v) is 16.3. The van der Waals surface area contributed by atoms with Crippen molar-refractivity contribution in [2.24, 2.45) is 0 Å². The normalized spacial score (nSPS) is 12.0. The minimum atomic E-state index is -1.15. The fraction of sp³-hybridized carbons (Fsp3) is 0. The third kappa shape index (κ3) is 4.05. The highest BCUT2D eigenvalue weighted by Crippen LogP contribution is 2.31. The van der Waals surface area contributed by atoms with Crippen molar-refractivity contribution in [1.82, 2.24) is 0 Å². The first-order chi connectivity index (χ1) is 13.3. The summed E-state index contributed by atoms with van der Waals surface area (Å²) in [5, 5.41) is 0. The van der Waals surface area contributed by atoms with Crippen molar-refractivity contribution in [3.05, 3.63) is 115 Å². The maximum atomic E-state index is 12.8. The summed E-state index contributed by atoms with van der Waals surface area (Å²) >= 11 is 0. The number of hydrogen-bond donors (Lipinski definition) is 0. The fourth-order valence-electron chi connectivity index (χ4n) is 2.90. The predicted molar refractivity (Wildman–Crippen MR) is 113 cm³/mol. The van der Waals surface area contributed by atoms with Gasteiger partial charge in [0, 0.05) is 9.79 Å². The molecule has 0 aliphatic rings. The first-order valence-electron chi connectivity index (χ1n) is 8.74. The van der Waals surface area contributed by atoms with Crippen molar-refractivity contribution in [2.45, 2.75) is 24.5 Å². The lowest BCUT2D eigenvalue weighted by Gasteiger charge is -2.09. The van der Waals surface area contributed by atoms with Crippen molar-refractivity contribution in [3.8, 4) is 0 Å². The van der Waals surface area contributed by atoms with Gasteiger partial charge in [-0.2, -0.15) is 0 Å². The number of rotatable bonds is 5. The Morgan fingerprint density at radius 1 is 0.444 bits per heavy atom. The second-order valence-corrected chi connectivity index (χ2v) is 9.49. The molecule has 1 nitrogen and oxygen atoms in total. The minimum absolute atomic E-state index is 0.180. The van der Waals surface area contributed by atoms with Crippen LogP contribution in [0.15, 0.2) is 140 Å². The second-order valence-electron chi connectivity index (χ2n) is 5.99. The molecule has 27 heavy (non-hydrogen) atoms. The lowest BCUT2D eigenvalue weighted by molar-refractivity contribution is 0.683. The van der Waals surface area contributed by atoms with Crippen molar-refractivity contribution in [3.63, 3.8) is 0 Å². The first kappa shape index (κ1) is 17.8. The summed E-state index contributed by atoms with van der Waals surface area (Å²) in [6.45, 7) is 0. The predicted octanol–water partition coefficient (Wildman–Crippen LogP) is 5.95. The maximum Gasteiger partial charge on any atom is 0.166 e. The molecule has 0 radical (unpaired) electrons. The Hall–Kier alpha value is -2.62. The lowest BCUT2D eigenvalue weighted by Crippen LogP contribution is -2.05. The Morgan fingerprint density at radius 2 is 0.815 bits per heavy atom. The van der Waals surface area contributed by atoms with E-state index >= 15 is 0 Å². The van der Waals surface area contributed by atoms with Crippen LogP contribution in [0.4, 0.5) is 0 Å². The Labute approximate surface area is 165 Å². The van der Waals surface area contributed by atoms with Crippen molar-refractivity contribution in [2.75, 3.05) is 0 Å². The molecule has 4 rings (SSSR count). The van der Waals surface area contributed by atoms with Crippen LogP contribution < -0.4 is 0 Å². The molecule has 0 aromatic heterocycles. The molecule has 132 valence electrons. The van der Waals surface area contributed by atoms with Crippen LogP contribution in [0.2, 0.25) is 0 Å². The largest absolute Gasteiger partial charge is 0.249 e. The summed E-state index contributed by atoms with van der Waals surface area (Å²) in [7, 11) is -1.33. The topological polar surface area (TPSA) is 17.1 Å². The Balaban J connectivity index is 1.70. The molecule has 0 aliphatic heterocycles.